The number of carbonyl (C=O) groups is 2. The summed E-state index contributed by atoms with van der Waals surface area (Å²) in [6.07, 6.45) is 6.19. The van der Waals surface area contributed by atoms with E-state index in [0.717, 1.165) is 43.6 Å². The maximum Gasteiger partial charge on any atom is 0.225 e. The molecule has 2 aliphatic rings. The number of amides is 2. The van der Waals surface area contributed by atoms with Gasteiger partial charge in [-0.15, -0.1) is 0 Å². The molecule has 2 aliphatic heterocycles. The molecular formula is C20H27N3O2. The lowest BCUT2D eigenvalue weighted by atomic mass is 9.92. The van der Waals surface area contributed by atoms with Crippen molar-refractivity contribution in [3.05, 3.63) is 41.6 Å². The summed E-state index contributed by atoms with van der Waals surface area (Å²) < 4.78 is 0. The van der Waals surface area contributed by atoms with Gasteiger partial charge in [0.2, 0.25) is 11.8 Å². The van der Waals surface area contributed by atoms with E-state index in [2.05, 4.69) is 5.32 Å². The Morgan fingerprint density at radius 1 is 1.20 bits per heavy atom. The summed E-state index contributed by atoms with van der Waals surface area (Å²) >= 11 is 0. The first kappa shape index (κ1) is 17.7. The summed E-state index contributed by atoms with van der Waals surface area (Å²) in [4.78, 5) is 28.5. The fraction of sp³-hybridized carbons (Fsp3) is 0.500. The van der Waals surface area contributed by atoms with Crippen molar-refractivity contribution in [3.63, 3.8) is 0 Å². The molecular weight excluding hydrogens is 314 g/mol. The molecule has 5 heteroatoms. The summed E-state index contributed by atoms with van der Waals surface area (Å²) in [7, 11) is 1.97. The summed E-state index contributed by atoms with van der Waals surface area (Å²) in [5, 5.41) is 3.22. The first-order chi connectivity index (χ1) is 12.1. The number of nitrogens with zero attached hydrogens (tertiary/aromatic N) is 2. The van der Waals surface area contributed by atoms with Crippen molar-refractivity contribution in [2.75, 3.05) is 26.7 Å². The summed E-state index contributed by atoms with van der Waals surface area (Å²) in [5.41, 5.74) is 2.14. The number of fused-ring (bicyclic) bond motifs is 1. The van der Waals surface area contributed by atoms with E-state index in [4.69, 9.17) is 0 Å². The van der Waals surface area contributed by atoms with Crippen LogP contribution in [0.15, 0.2) is 30.5 Å². The quantitative estimate of drug-likeness (QED) is 0.915. The van der Waals surface area contributed by atoms with E-state index in [1.165, 1.54) is 0 Å². The van der Waals surface area contributed by atoms with Gasteiger partial charge in [-0.3, -0.25) is 9.59 Å². The molecule has 1 unspecified atom stereocenters. The molecule has 1 atom stereocenters. The molecule has 1 N–H and O–H groups in total. The third-order valence-electron chi connectivity index (χ3n) is 5.30. The average molecular weight is 341 g/mol. The van der Waals surface area contributed by atoms with E-state index in [9.17, 15) is 9.59 Å². The van der Waals surface area contributed by atoms with Crippen molar-refractivity contribution in [2.45, 2.75) is 32.2 Å². The molecule has 0 radical (unpaired) electrons. The molecule has 0 aromatic heterocycles. The molecule has 2 amide bonds. The predicted molar refractivity (Wildman–Crippen MR) is 98.6 cm³/mol. The Balaban J connectivity index is 1.70. The fourth-order valence-corrected chi connectivity index (χ4v) is 3.88. The number of piperidine rings is 1. The molecule has 1 fully saturated rings. The maximum atomic E-state index is 12.9. The van der Waals surface area contributed by atoms with Crippen LogP contribution in [-0.4, -0.2) is 48.3 Å². The van der Waals surface area contributed by atoms with E-state index in [1.807, 2.05) is 48.5 Å². The van der Waals surface area contributed by atoms with E-state index in [-0.39, 0.29) is 17.9 Å². The molecule has 0 saturated carbocycles. The number of likely N-dealkylation sites (tertiary alicyclic amines) is 1. The van der Waals surface area contributed by atoms with Gasteiger partial charge in [0.05, 0.1) is 12.5 Å². The van der Waals surface area contributed by atoms with Gasteiger partial charge in [-0.25, -0.2) is 0 Å². The van der Waals surface area contributed by atoms with Gasteiger partial charge in [0.1, 0.15) is 0 Å². The number of carbonyl (C=O) groups excluding carboxylic acids is 2. The number of hydrogen-bond donors (Lipinski definition) is 1. The molecule has 1 aromatic rings. The number of nitrogens with one attached hydrogen (secondary N) is 1. The van der Waals surface area contributed by atoms with Crippen molar-refractivity contribution in [3.8, 4) is 0 Å². The van der Waals surface area contributed by atoms with E-state index in [0.29, 0.717) is 12.3 Å². The Labute approximate surface area is 149 Å². The molecule has 0 bridgehead atoms. The second kappa shape index (κ2) is 7.83. The second-order valence-corrected chi connectivity index (χ2v) is 6.97. The Bertz CT molecular complexity index is 663. The Kier molecular flexibility index (Phi) is 5.53. The average Bonchev–Trinajstić information content (AvgIpc) is 2.62. The molecule has 0 spiro atoms. The Hall–Kier alpha value is -2.14. The molecule has 0 aliphatic carbocycles. The molecule has 1 aromatic carbocycles. The second-order valence-electron chi connectivity index (χ2n) is 6.97. The predicted octanol–water partition coefficient (Wildman–Crippen LogP) is 2.41. The molecule has 3 rings (SSSR count). The highest BCUT2D eigenvalue weighted by atomic mass is 16.2. The van der Waals surface area contributed by atoms with Crippen LogP contribution in [0.1, 0.15) is 43.4 Å². The standard InChI is InChI=1S/C20H27N3O2/c1-15(24)23-12-9-17-5-3-4-6-18(17)19(23)13-20(25)22-10-7-16(8-11-22)14-21-2/h3-6,9,12,16,19,21H,7-8,10-11,13-14H2,1-2H3. The monoisotopic (exact) mass is 341 g/mol. The number of benzene rings is 1. The van der Waals surface area contributed by atoms with Crippen LogP contribution in [0.4, 0.5) is 0 Å². The van der Waals surface area contributed by atoms with Crippen molar-refractivity contribution in [1.29, 1.82) is 0 Å². The van der Waals surface area contributed by atoms with Gasteiger partial charge in [0.15, 0.2) is 0 Å². The normalized spacial score (nSPS) is 20.5. The van der Waals surface area contributed by atoms with Crippen LogP contribution in [0.5, 0.6) is 0 Å². The molecule has 134 valence electrons. The Morgan fingerprint density at radius 3 is 2.60 bits per heavy atom. The lowest BCUT2D eigenvalue weighted by molar-refractivity contribution is -0.135. The lowest BCUT2D eigenvalue weighted by Crippen LogP contribution is -2.42. The lowest BCUT2D eigenvalue weighted by Gasteiger charge is -2.36. The van der Waals surface area contributed by atoms with Gasteiger partial charge in [0, 0.05) is 26.2 Å². The highest BCUT2D eigenvalue weighted by Gasteiger charge is 2.31. The maximum absolute atomic E-state index is 12.9. The summed E-state index contributed by atoms with van der Waals surface area (Å²) in [6, 6.07) is 7.80. The molecule has 2 heterocycles. The smallest absolute Gasteiger partial charge is 0.225 e. The minimum Gasteiger partial charge on any atom is -0.343 e. The van der Waals surface area contributed by atoms with E-state index >= 15 is 0 Å². The van der Waals surface area contributed by atoms with Crippen LogP contribution in [0.25, 0.3) is 6.08 Å². The first-order valence-corrected chi connectivity index (χ1v) is 9.08. The topological polar surface area (TPSA) is 52.7 Å². The molecule has 1 saturated heterocycles. The zero-order chi connectivity index (χ0) is 17.8. The zero-order valence-corrected chi connectivity index (χ0v) is 15.1. The van der Waals surface area contributed by atoms with Gasteiger partial charge >= 0.3 is 0 Å². The number of rotatable bonds is 4. The zero-order valence-electron chi connectivity index (χ0n) is 15.1. The fourth-order valence-electron chi connectivity index (χ4n) is 3.88. The van der Waals surface area contributed by atoms with Crippen LogP contribution >= 0.6 is 0 Å². The first-order valence-electron chi connectivity index (χ1n) is 9.08. The SMILES string of the molecule is CNCC1CCN(C(=O)CC2c3ccccc3C=CN2C(C)=O)CC1. The van der Waals surface area contributed by atoms with Crippen molar-refractivity contribution >= 4 is 17.9 Å². The van der Waals surface area contributed by atoms with Crippen LogP contribution in [-0.2, 0) is 9.59 Å². The largest absolute Gasteiger partial charge is 0.343 e. The minimum absolute atomic E-state index is 0.0312. The van der Waals surface area contributed by atoms with Gasteiger partial charge in [0.25, 0.3) is 0 Å². The van der Waals surface area contributed by atoms with Crippen LogP contribution in [0.2, 0.25) is 0 Å². The van der Waals surface area contributed by atoms with Crippen molar-refractivity contribution in [1.82, 2.24) is 15.1 Å². The molecule has 5 nitrogen and oxygen atoms in total. The Morgan fingerprint density at radius 2 is 1.92 bits per heavy atom. The summed E-state index contributed by atoms with van der Waals surface area (Å²) in [6.45, 7) is 4.20. The van der Waals surface area contributed by atoms with Crippen LogP contribution in [0, 0.1) is 5.92 Å². The van der Waals surface area contributed by atoms with E-state index in [1.54, 1.807) is 11.8 Å². The third-order valence-corrected chi connectivity index (χ3v) is 5.30. The summed E-state index contributed by atoms with van der Waals surface area (Å²) in [5.74, 6) is 0.765. The van der Waals surface area contributed by atoms with Crippen molar-refractivity contribution in [2.24, 2.45) is 5.92 Å². The van der Waals surface area contributed by atoms with Gasteiger partial charge in [-0.1, -0.05) is 24.3 Å². The van der Waals surface area contributed by atoms with Crippen LogP contribution in [0.3, 0.4) is 0 Å². The minimum atomic E-state index is -0.207. The van der Waals surface area contributed by atoms with Crippen molar-refractivity contribution < 1.29 is 9.59 Å². The van der Waals surface area contributed by atoms with Gasteiger partial charge in [-0.2, -0.15) is 0 Å². The highest BCUT2D eigenvalue weighted by molar-refractivity contribution is 5.82. The molecule has 25 heavy (non-hydrogen) atoms. The number of hydrogen-bond acceptors (Lipinski definition) is 3. The van der Waals surface area contributed by atoms with Gasteiger partial charge < -0.3 is 15.1 Å². The third kappa shape index (κ3) is 3.93. The highest BCUT2D eigenvalue weighted by Crippen LogP contribution is 2.33. The van der Waals surface area contributed by atoms with Crippen LogP contribution < -0.4 is 5.32 Å². The van der Waals surface area contributed by atoms with Gasteiger partial charge in [-0.05, 0) is 49.6 Å². The van der Waals surface area contributed by atoms with E-state index < -0.39 is 0 Å².